The van der Waals surface area contributed by atoms with E-state index in [9.17, 15) is 5.11 Å². The van der Waals surface area contributed by atoms with Crippen LogP contribution in [-0.2, 0) is 13.2 Å². The number of aliphatic hydroxyl groups is 1. The molecule has 0 atom stereocenters. The summed E-state index contributed by atoms with van der Waals surface area (Å²) in [5.74, 6) is 6.61. The Balaban J connectivity index is 2.11. The molecule has 0 radical (unpaired) electrons. The maximum absolute atomic E-state index is 9.19. The summed E-state index contributed by atoms with van der Waals surface area (Å²) in [6.45, 7) is 0.287. The van der Waals surface area contributed by atoms with Crippen LogP contribution in [0.5, 0.6) is 5.75 Å². The van der Waals surface area contributed by atoms with Gasteiger partial charge in [-0.3, -0.25) is 0 Å². The quantitative estimate of drug-likeness (QED) is 0.548. The van der Waals surface area contributed by atoms with Gasteiger partial charge in [-0.05, 0) is 12.1 Å². The van der Waals surface area contributed by atoms with Crippen LogP contribution in [0.4, 0.5) is 5.82 Å². The fourth-order valence-corrected chi connectivity index (χ4v) is 1.62. The van der Waals surface area contributed by atoms with Crippen LogP contribution in [-0.4, -0.2) is 10.1 Å². The minimum Gasteiger partial charge on any atom is -0.488 e. The van der Waals surface area contributed by atoms with Gasteiger partial charge in [0.25, 0.3) is 0 Å². The number of nitrogens with two attached hydrogens (primary N) is 1. The van der Waals surface area contributed by atoms with Gasteiger partial charge in [0.15, 0.2) is 0 Å². The van der Waals surface area contributed by atoms with Gasteiger partial charge >= 0.3 is 0 Å². The highest BCUT2D eigenvalue weighted by Gasteiger charge is 2.05. The monoisotopic (exact) mass is 245 g/mol. The van der Waals surface area contributed by atoms with E-state index in [0.717, 1.165) is 11.1 Å². The van der Waals surface area contributed by atoms with Crippen molar-refractivity contribution in [1.29, 1.82) is 0 Å². The third kappa shape index (κ3) is 2.77. The molecule has 0 spiro atoms. The van der Waals surface area contributed by atoms with E-state index in [2.05, 4.69) is 10.4 Å². The van der Waals surface area contributed by atoms with Crippen molar-refractivity contribution in [3.8, 4) is 5.75 Å². The minimum absolute atomic E-state index is 0.0504. The topological polar surface area (TPSA) is 80.4 Å². The van der Waals surface area contributed by atoms with Gasteiger partial charge in [0, 0.05) is 17.3 Å². The molecular weight excluding hydrogens is 230 g/mol. The molecular formula is C13H15N3O2. The van der Waals surface area contributed by atoms with Gasteiger partial charge in [-0.25, -0.2) is 10.8 Å². The minimum atomic E-state index is -0.0504. The number of aromatic nitrogens is 1. The Morgan fingerprint density at radius 3 is 2.72 bits per heavy atom. The molecule has 1 heterocycles. The van der Waals surface area contributed by atoms with Gasteiger partial charge in [-0.1, -0.05) is 24.3 Å². The van der Waals surface area contributed by atoms with Crippen molar-refractivity contribution in [3.63, 3.8) is 0 Å². The van der Waals surface area contributed by atoms with E-state index in [0.29, 0.717) is 18.2 Å². The Morgan fingerprint density at radius 2 is 1.94 bits per heavy atom. The van der Waals surface area contributed by atoms with Gasteiger partial charge < -0.3 is 15.3 Å². The fraction of sp³-hybridized carbons (Fsp3) is 0.154. The highest BCUT2D eigenvalue weighted by atomic mass is 16.5. The first kappa shape index (κ1) is 12.3. The Hall–Kier alpha value is -2.11. The van der Waals surface area contributed by atoms with Crippen molar-refractivity contribution < 1.29 is 9.84 Å². The molecule has 0 aliphatic heterocycles. The number of hydrazine groups is 1. The lowest BCUT2D eigenvalue weighted by Crippen LogP contribution is -2.12. The molecule has 4 N–H and O–H groups in total. The Bertz CT molecular complexity index is 470. The van der Waals surface area contributed by atoms with Crippen LogP contribution in [0.25, 0.3) is 0 Å². The summed E-state index contributed by atoms with van der Waals surface area (Å²) in [7, 11) is 0. The van der Waals surface area contributed by atoms with Crippen LogP contribution in [0, 0.1) is 0 Å². The molecule has 0 saturated heterocycles. The van der Waals surface area contributed by atoms with Gasteiger partial charge in [0.05, 0.1) is 6.61 Å². The van der Waals surface area contributed by atoms with E-state index in [1.165, 1.54) is 0 Å². The van der Waals surface area contributed by atoms with Crippen LogP contribution in [0.2, 0.25) is 0 Å². The first-order valence-corrected chi connectivity index (χ1v) is 5.57. The highest BCUT2D eigenvalue weighted by molar-refractivity contribution is 5.42. The first-order valence-electron chi connectivity index (χ1n) is 5.57. The second-order valence-electron chi connectivity index (χ2n) is 3.71. The number of aliphatic hydroxyl groups excluding tert-OH is 1. The molecule has 1 aromatic heterocycles. The van der Waals surface area contributed by atoms with Gasteiger partial charge in [-0.2, -0.15) is 0 Å². The van der Waals surface area contributed by atoms with E-state index >= 15 is 0 Å². The zero-order chi connectivity index (χ0) is 12.8. The third-order valence-corrected chi connectivity index (χ3v) is 2.55. The molecule has 0 amide bonds. The summed E-state index contributed by atoms with van der Waals surface area (Å²) < 4.78 is 5.66. The number of ether oxygens (including phenoxy) is 1. The average Bonchev–Trinajstić information content (AvgIpc) is 2.45. The number of hydrogen-bond acceptors (Lipinski definition) is 5. The molecule has 18 heavy (non-hydrogen) atoms. The molecule has 2 rings (SSSR count). The summed E-state index contributed by atoms with van der Waals surface area (Å²) in [6, 6.07) is 11.1. The summed E-state index contributed by atoms with van der Waals surface area (Å²) >= 11 is 0. The van der Waals surface area contributed by atoms with Crippen molar-refractivity contribution in [3.05, 3.63) is 53.7 Å². The Morgan fingerprint density at radius 1 is 1.17 bits per heavy atom. The molecule has 0 aliphatic rings. The third-order valence-electron chi connectivity index (χ3n) is 2.55. The average molecular weight is 245 g/mol. The number of hydrogen-bond donors (Lipinski definition) is 3. The number of para-hydroxylation sites is 1. The van der Waals surface area contributed by atoms with Crippen LogP contribution < -0.4 is 16.0 Å². The van der Waals surface area contributed by atoms with E-state index in [4.69, 9.17) is 10.6 Å². The fourth-order valence-electron chi connectivity index (χ4n) is 1.62. The lowest BCUT2D eigenvalue weighted by molar-refractivity contribution is 0.259. The number of benzene rings is 1. The Labute approximate surface area is 105 Å². The number of nitrogens with one attached hydrogen (secondary N) is 1. The maximum Gasteiger partial charge on any atom is 0.146 e. The van der Waals surface area contributed by atoms with Crippen molar-refractivity contribution in [2.45, 2.75) is 13.2 Å². The molecule has 1 aromatic carbocycles. The van der Waals surface area contributed by atoms with E-state index in [1.54, 1.807) is 6.20 Å². The molecule has 2 aromatic rings. The number of pyridine rings is 1. The lowest BCUT2D eigenvalue weighted by Gasteiger charge is -2.11. The summed E-state index contributed by atoms with van der Waals surface area (Å²) in [5.41, 5.74) is 4.13. The SMILES string of the molecule is NNc1ncccc1COc1ccccc1CO. The first-order chi connectivity index (χ1) is 8.85. The molecule has 5 heteroatoms. The highest BCUT2D eigenvalue weighted by Crippen LogP contribution is 2.20. The van der Waals surface area contributed by atoms with Gasteiger partial charge in [0.1, 0.15) is 18.2 Å². The number of nitrogens with zero attached hydrogens (tertiary/aromatic N) is 1. The van der Waals surface area contributed by atoms with Crippen LogP contribution in [0.3, 0.4) is 0 Å². The van der Waals surface area contributed by atoms with Crippen LogP contribution in [0.1, 0.15) is 11.1 Å². The maximum atomic E-state index is 9.19. The number of nitrogen functional groups attached to an aromatic ring is 1. The van der Waals surface area contributed by atoms with E-state index < -0.39 is 0 Å². The summed E-state index contributed by atoms with van der Waals surface area (Å²) in [4.78, 5) is 4.09. The van der Waals surface area contributed by atoms with Gasteiger partial charge in [0.2, 0.25) is 0 Å². The second kappa shape index (κ2) is 6.00. The molecule has 94 valence electrons. The molecule has 0 aliphatic carbocycles. The summed E-state index contributed by atoms with van der Waals surface area (Å²) in [6.07, 6.45) is 1.65. The van der Waals surface area contributed by atoms with E-state index in [1.807, 2.05) is 36.4 Å². The normalized spacial score (nSPS) is 10.1. The van der Waals surface area contributed by atoms with Crippen LogP contribution in [0.15, 0.2) is 42.6 Å². The predicted molar refractivity (Wildman–Crippen MR) is 68.7 cm³/mol. The number of anilines is 1. The molecule has 0 fully saturated rings. The largest absolute Gasteiger partial charge is 0.488 e. The van der Waals surface area contributed by atoms with Crippen LogP contribution >= 0.6 is 0 Å². The molecule has 0 saturated carbocycles. The Kier molecular flexibility index (Phi) is 4.11. The smallest absolute Gasteiger partial charge is 0.146 e. The zero-order valence-electron chi connectivity index (χ0n) is 9.84. The second-order valence-corrected chi connectivity index (χ2v) is 3.71. The van der Waals surface area contributed by atoms with Crippen molar-refractivity contribution in [1.82, 2.24) is 4.98 Å². The molecule has 0 unspecified atom stereocenters. The lowest BCUT2D eigenvalue weighted by atomic mass is 10.2. The summed E-state index contributed by atoms with van der Waals surface area (Å²) in [5, 5.41) is 9.19. The van der Waals surface area contributed by atoms with Gasteiger partial charge in [-0.15, -0.1) is 0 Å². The predicted octanol–water partition coefficient (Wildman–Crippen LogP) is 1.44. The number of rotatable bonds is 5. The van der Waals surface area contributed by atoms with E-state index in [-0.39, 0.29) is 6.61 Å². The van der Waals surface area contributed by atoms with Crippen molar-refractivity contribution >= 4 is 5.82 Å². The standard InChI is InChI=1S/C13H15N3O2/c14-16-13-11(5-3-7-15-13)9-18-12-6-2-1-4-10(12)8-17/h1-7,17H,8-9,14H2,(H,15,16). The van der Waals surface area contributed by atoms with Crippen molar-refractivity contribution in [2.24, 2.45) is 5.84 Å². The zero-order valence-corrected chi connectivity index (χ0v) is 9.84. The molecule has 5 nitrogen and oxygen atoms in total. The van der Waals surface area contributed by atoms with Crippen molar-refractivity contribution in [2.75, 3.05) is 5.43 Å². The molecule has 0 bridgehead atoms.